The zero-order chi connectivity index (χ0) is 13.3. The molecule has 8 heteroatoms. The van der Waals surface area contributed by atoms with E-state index in [-0.39, 0.29) is 30.1 Å². The molecule has 0 bridgehead atoms. The molecular formula is C11H18ClFN4O2. The van der Waals surface area contributed by atoms with E-state index in [1.54, 1.807) is 0 Å². The summed E-state index contributed by atoms with van der Waals surface area (Å²) in [7, 11) is 0. The Morgan fingerprint density at radius 3 is 2.47 bits per heavy atom. The fourth-order valence-corrected chi connectivity index (χ4v) is 1.94. The van der Waals surface area contributed by atoms with E-state index in [0.29, 0.717) is 31.9 Å². The summed E-state index contributed by atoms with van der Waals surface area (Å²) in [6, 6.07) is 0.304. The first kappa shape index (κ1) is 15.7. The SMILES string of the molecule is CC(C)(F)c1noc(N2CCC(C(N)=O)CC2)n1.Cl. The Morgan fingerprint density at radius 2 is 2.05 bits per heavy atom. The number of anilines is 1. The van der Waals surface area contributed by atoms with Crippen LogP contribution in [0.5, 0.6) is 0 Å². The molecule has 108 valence electrons. The molecule has 0 radical (unpaired) electrons. The van der Waals surface area contributed by atoms with Gasteiger partial charge in [-0.3, -0.25) is 4.79 Å². The fourth-order valence-electron chi connectivity index (χ4n) is 1.94. The van der Waals surface area contributed by atoms with Crippen LogP contribution in [0.3, 0.4) is 0 Å². The number of carbonyl (C=O) groups is 1. The van der Waals surface area contributed by atoms with Gasteiger partial charge in [0.05, 0.1) is 0 Å². The third kappa shape index (κ3) is 3.56. The van der Waals surface area contributed by atoms with Crippen molar-refractivity contribution in [1.82, 2.24) is 10.1 Å². The number of hydrogen-bond donors (Lipinski definition) is 1. The summed E-state index contributed by atoms with van der Waals surface area (Å²) < 4.78 is 18.6. The Kier molecular flexibility index (Phi) is 4.73. The number of amides is 1. The summed E-state index contributed by atoms with van der Waals surface area (Å²) in [5, 5.41) is 3.62. The predicted molar refractivity (Wildman–Crippen MR) is 69.8 cm³/mol. The molecule has 1 aliphatic rings. The van der Waals surface area contributed by atoms with Gasteiger partial charge in [-0.2, -0.15) is 4.98 Å². The number of nitrogens with two attached hydrogens (primary N) is 1. The fraction of sp³-hybridized carbons (Fsp3) is 0.727. The lowest BCUT2D eigenvalue weighted by atomic mass is 9.97. The van der Waals surface area contributed by atoms with Crippen LogP contribution in [0.15, 0.2) is 4.52 Å². The van der Waals surface area contributed by atoms with Crippen molar-refractivity contribution >= 4 is 24.3 Å². The van der Waals surface area contributed by atoms with Gasteiger partial charge >= 0.3 is 6.01 Å². The number of hydrogen-bond acceptors (Lipinski definition) is 5. The normalized spacial score (nSPS) is 17.1. The minimum atomic E-state index is -1.62. The van der Waals surface area contributed by atoms with Crippen molar-refractivity contribution in [3.8, 4) is 0 Å². The van der Waals surface area contributed by atoms with Gasteiger partial charge in [-0.15, -0.1) is 12.4 Å². The molecule has 1 aromatic rings. The molecule has 0 unspecified atom stereocenters. The second kappa shape index (κ2) is 5.73. The van der Waals surface area contributed by atoms with Crippen molar-refractivity contribution in [2.24, 2.45) is 11.7 Å². The van der Waals surface area contributed by atoms with Gasteiger partial charge < -0.3 is 15.2 Å². The number of primary amides is 1. The minimum absolute atomic E-state index is 0. The quantitative estimate of drug-likeness (QED) is 0.910. The lowest BCUT2D eigenvalue weighted by molar-refractivity contribution is -0.122. The van der Waals surface area contributed by atoms with Crippen LogP contribution in [0.4, 0.5) is 10.4 Å². The molecule has 2 rings (SSSR count). The first-order chi connectivity index (χ1) is 8.38. The van der Waals surface area contributed by atoms with E-state index in [1.165, 1.54) is 13.8 Å². The molecule has 2 heterocycles. The van der Waals surface area contributed by atoms with Gasteiger partial charge in [-0.1, -0.05) is 5.16 Å². The molecule has 0 spiro atoms. The van der Waals surface area contributed by atoms with Crippen LogP contribution in [-0.2, 0) is 10.5 Å². The molecule has 1 aliphatic heterocycles. The Balaban J connectivity index is 0.00000180. The summed E-state index contributed by atoms with van der Waals surface area (Å²) in [6.07, 6.45) is 1.32. The molecule has 1 saturated heterocycles. The van der Waals surface area contributed by atoms with Gasteiger partial charge in [-0.25, -0.2) is 4.39 Å². The van der Waals surface area contributed by atoms with E-state index in [4.69, 9.17) is 10.3 Å². The molecule has 1 amide bonds. The second-order valence-electron chi connectivity index (χ2n) is 5.04. The van der Waals surface area contributed by atoms with E-state index in [9.17, 15) is 9.18 Å². The van der Waals surface area contributed by atoms with E-state index in [0.717, 1.165) is 0 Å². The van der Waals surface area contributed by atoms with Crippen molar-refractivity contribution in [2.45, 2.75) is 32.4 Å². The largest absolute Gasteiger partial charge is 0.369 e. The van der Waals surface area contributed by atoms with Crippen LogP contribution >= 0.6 is 12.4 Å². The van der Waals surface area contributed by atoms with Crippen LogP contribution in [0.25, 0.3) is 0 Å². The van der Waals surface area contributed by atoms with Gasteiger partial charge in [0.1, 0.15) is 0 Å². The minimum Gasteiger partial charge on any atom is -0.369 e. The molecule has 6 nitrogen and oxygen atoms in total. The van der Waals surface area contributed by atoms with E-state index < -0.39 is 5.67 Å². The Hall–Kier alpha value is -1.37. The third-order valence-corrected chi connectivity index (χ3v) is 3.11. The molecule has 1 fully saturated rings. The van der Waals surface area contributed by atoms with Crippen LogP contribution in [-0.4, -0.2) is 29.1 Å². The molecule has 1 aromatic heterocycles. The average Bonchev–Trinajstić information content (AvgIpc) is 2.78. The number of halogens is 2. The van der Waals surface area contributed by atoms with Crippen molar-refractivity contribution in [2.75, 3.05) is 18.0 Å². The van der Waals surface area contributed by atoms with Crippen molar-refractivity contribution in [3.05, 3.63) is 5.82 Å². The number of aromatic nitrogens is 2. The van der Waals surface area contributed by atoms with E-state index in [2.05, 4.69) is 10.1 Å². The second-order valence-corrected chi connectivity index (χ2v) is 5.04. The monoisotopic (exact) mass is 292 g/mol. The molecule has 19 heavy (non-hydrogen) atoms. The predicted octanol–water partition coefficient (Wildman–Crippen LogP) is 1.40. The van der Waals surface area contributed by atoms with Gasteiger partial charge in [0, 0.05) is 19.0 Å². The summed E-state index contributed by atoms with van der Waals surface area (Å²) in [5.74, 6) is -0.332. The molecule has 2 N–H and O–H groups in total. The highest BCUT2D eigenvalue weighted by molar-refractivity contribution is 5.85. The summed E-state index contributed by atoms with van der Waals surface area (Å²) in [6.45, 7) is 3.98. The zero-order valence-corrected chi connectivity index (χ0v) is 11.7. The van der Waals surface area contributed by atoms with Crippen LogP contribution in [0.2, 0.25) is 0 Å². The van der Waals surface area contributed by atoms with Gasteiger partial charge in [0.15, 0.2) is 5.67 Å². The highest BCUT2D eigenvalue weighted by atomic mass is 35.5. The highest BCUT2D eigenvalue weighted by Gasteiger charge is 2.29. The van der Waals surface area contributed by atoms with Crippen LogP contribution < -0.4 is 10.6 Å². The standard InChI is InChI=1S/C11H17FN4O2.ClH/c1-11(2,12)9-14-10(18-15-9)16-5-3-7(4-6-16)8(13)17;/h7H,3-6H2,1-2H3,(H2,13,17);1H. The maximum absolute atomic E-state index is 13.6. The molecule has 0 saturated carbocycles. The molecular weight excluding hydrogens is 275 g/mol. The Labute approximate surface area is 116 Å². The van der Waals surface area contributed by atoms with E-state index in [1.807, 2.05) is 4.90 Å². The van der Waals surface area contributed by atoms with Crippen LogP contribution in [0, 0.1) is 5.92 Å². The number of piperidine rings is 1. The molecule has 0 aliphatic carbocycles. The van der Waals surface area contributed by atoms with Gasteiger partial charge in [0.25, 0.3) is 0 Å². The van der Waals surface area contributed by atoms with Gasteiger partial charge in [0.2, 0.25) is 11.7 Å². The summed E-state index contributed by atoms with van der Waals surface area (Å²) >= 11 is 0. The zero-order valence-electron chi connectivity index (χ0n) is 10.9. The maximum atomic E-state index is 13.6. The number of alkyl halides is 1. The van der Waals surface area contributed by atoms with Crippen LogP contribution in [0.1, 0.15) is 32.5 Å². The summed E-state index contributed by atoms with van der Waals surface area (Å²) in [4.78, 5) is 16.9. The molecule has 0 atom stereocenters. The smallest absolute Gasteiger partial charge is 0.324 e. The lowest BCUT2D eigenvalue weighted by Gasteiger charge is -2.28. The van der Waals surface area contributed by atoms with Gasteiger partial charge in [-0.05, 0) is 26.7 Å². The van der Waals surface area contributed by atoms with Crippen molar-refractivity contribution in [1.29, 1.82) is 0 Å². The first-order valence-electron chi connectivity index (χ1n) is 5.95. The maximum Gasteiger partial charge on any atom is 0.324 e. The lowest BCUT2D eigenvalue weighted by Crippen LogP contribution is -2.38. The highest BCUT2D eigenvalue weighted by Crippen LogP contribution is 2.26. The number of rotatable bonds is 3. The van der Waals surface area contributed by atoms with Crippen molar-refractivity contribution < 1.29 is 13.7 Å². The molecule has 0 aromatic carbocycles. The topological polar surface area (TPSA) is 85.3 Å². The average molecular weight is 293 g/mol. The Morgan fingerprint density at radius 1 is 1.47 bits per heavy atom. The van der Waals surface area contributed by atoms with Crippen molar-refractivity contribution in [3.63, 3.8) is 0 Å². The summed E-state index contributed by atoms with van der Waals surface area (Å²) in [5.41, 5.74) is 3.64. The third-order valence-electron chi connectivity index (χ3n) is 3.11. The number of nitrogens with zero attached hydrogens (tertiary/aromatic N) is 3. The first-order valence-corrected chi connectivity index (χ1v) is 5.95. The number of carbonyl (C=O) groups excluding carboxylic acids is 1. The Bertz CT molecular complexity index is 438. The van der Waals surface area contributed by atoms with E-state index >= 15 is 0 Å².